The van der Waals surface area contributed by atoms with Gasteiger partial charge in [-0.3, -0.25) is 9.69 Å². The molecule has 0 spiro atoms. The zero-order chi connectivity index (χ0) is 23.0. The SMILES string of the molecule is CC1c2nc(C(=O)N3CC(F)(F)C3)cn2CCN1CC1CCCC1.O=C(O)C(F)(F)F. The Hall–Kier alpha value is -2.24. The third kappa shape index (κ3) is 5.52. The van der Waals surface area contributed by atoms with E-state index in [9.17, 15) is 26.7 Å². The number of hydrogen-bond donors (Lipinski definition) is 1. The molecule has 3 heterocycles. The zero-order valence-corrected chi connectivity index (χ0v) is 17.0. The Morgan fingerprint density at radius 1 is 1.19 bits per heavy atom. The van der Waals surface area contributed by atoms with Crippen molar-refractivity contribution in [1.82, 2.24) is 19.4 Å². The lowest BCUT2D eigenvalue weighted by Crippen LogP contribution is -2.58. The van der Waals surface area contributed by atoms with Crippen LogP contribution >= 0.6 is 0 Å². The minimum absolute atomic E-state index is 0.165. The van der Waals surface area contributed by atoms with E-state index in [1.807, 2.05) is 4.57 Å². The number of imidazole rings is 1. The normalized spacial score (nSPS) is 23.5. The number of alkyl halides is 5. The third-order valence-corrected chi connectivity index (χ3v) is 5.92. The largest absolute Gasteiger partial charge is 0.490 e. The Bertz CT molecular complexity index is 812. The van der Waals surface area contributed by atoms with E-state index in [-0.39, 0.29) is 11.9 Å². The highest BCUT2D eigenvalue weighted by Crippen LogP contribution is 2.32. The second-order valence-corrected chi connectivity index (χ2v) is 8.32. The van der Waals surface area contributed by atoms with Crippen molar-refractivity contribution in [2.24, 2.45) is 5.92 Å². The summed E-state index contributed by atoms with van der Waals surface area (Å²) in [5, 5.41) is 7.12. The van der Waals surface area contributed by atoms with Gasteiger partial charge >= 0.3 is 12.1 Å². The fourth-order valence-electron chi connectivity index (χ4n) is 4.23. The van der Waals surface area contributed by atoms with Crippen LogP contribution in [0.2, 0.25) is 0 Å². The maximum absolute atomic E-state index is 13.0. The van der Waals surface area contributed by atoms with E-state index >= 15 is 0 Å². The van der Waals surface area contributed by atoms with Crippen molar-refractivity contribution in [1.29, 1.82) is 0 Å². The molecule has 1 atom stereocenters. The fraction of sp³-hybridized carbons (Fsp3) is 0.737. The topological polar surface area (TPSA) is 78.7 Å². The molecule has 2 aliphatic heterocycles. The van der Waals surface area contributed by atoms with Crippen molar-refractivity contribution in [2.75, 3.05) is 26.2 Å². The van der Waals surface area contributed by atoms with Crippen LogP contribution in [0.5, 0.6) is 0 Å². The smallest absolute Gasteiger partial charge is 0.475 e. The number of carboxylic acid groups (broad SMARTS) is 1. The highest BCUT2D eigenvalue weighted by Gasteiger charge is 2.47. The van der Waals surface area contributed by atoms with Gasteiger partial charge in [-0.1, -0.05) is 12.8 Å². The summed E-state index contributed by atoms with van der Waals surface area (Å²) < 4.78 is 59.7. The number of nitrogens with zero attached hydrogens (tertiary/aromatic N) is 4. The first-order valence-corrected chi connectivity index (χ1v) is 10.2. The first kappa shape index (κ1) is 23.4. The van der Waals surface area contributed by atoms with Gasteiger partial charge in [0.1, 0.15) is 11.5 Å². The number of halogens is 5. The van der Waals surface area contributed by atoms with Gasteiger partial charge in [0.15, 0.2) is 0 Å². The molecule has 1 saturated heterocycles. The molecule has 1 aliphatic carbocycles. The van der Waals surface area contributed by atoms with Crippen LogP contribution in [0.25, 0.3) is 0 Å². The summed E-state index contributed by atoms with van der Waals surface area (Å²) in [6.45, 7) is 4.00. The molecule has 1 aromatic rings. The number of carbonyl (C=O) groups excluding carboxylic acids is 1. The zero-order valence-electron chi connectivity index (χ0n) is 17.0. The maximum Gasteiger partial charge on any atom is 0.490 e. The van der Waals surface area contributed by atoms with Crippen molar-refractivity contribution >= 4 is 11.9 Å². The highest BCUT2D eigenvalue weighted by atomic mass is 19.4. The quantitative estimate of drug-likeness (QED) is 0.713. The summed E-state index contributed by atoms with van der Waals surface area (Å²) in [6.07, 6.45) is 1.94. The van der Waals surface area contributed by atoms with Gasteiger partial charge in [0.2, 0.25) is 0 Å². The molecule has 31 heavy (non-hydrogen) atoms. The number of carbonyl (C=O) groups is 2. The number of carboxylic acids is 1. The number of aliphatic carboxylic acids is 1. The van der Waals surface area contributed by atoms with E-state index in [0.29, 0.717) is 5.69 Å². The minimum atomic E-state index is -5.08. The number of aromatic nitrogens is 2. The van der Waals surface area contributed by atoms with Crippen molar-refractivity contribution < 1.29 is 36.6 Å². The molecule has 0 bridgehead atoms. The first-order valence-electron chi connectivity index (χ1n) is 10.2. The summed E-state index contributed by atoms with van der Waals surface area (Å²) in [7, 11) is 0. The van der Waals surface area contributed by atoms with E-state index in [4.69, 9.17) is 9.90 Å². The van der Waals surface area contributed by atoms with Gasteiger partial charge in [-0.2, -0.15) is 13.2 Å². The van der Waals surface area contributed by atoms with Crippen LogP contribution in [0, 0.1) is 5.92 Å². The molecule has 1 amide bonds. The lowest BCUT2D eigenvalue weighted by atomic mass is 10.1. The average Bonchev–Trinajstić information content (AvgIpc) is 3.31. The number of fused-ring (bicyclic) bond motifs is 1. The second-order valence-electron chi connectivity index (χ2n) is 8.32. The molecular formula is C19H25F5N4O3. The number of amides is 1. The Balaban J connectivity index is 0.000000339. The molecule has 1 aromatic heterocycles. The molecule has 3 aliphatic rings. The maximum atomic E-state index is 13.0. The summed E-state index contributed by atoms with van der Waals surface area (Å²) in [6, 6.07) is 0.165. The van der Waals surface area contributed by atoms with E-state index in [1.54, 1.807) is 6.20 Å². The van der Waals surface area contributed by atoms with Gasteiger partial charge in [0.05, 0.1) is 19.1 Å². The molecule has 4 rings (SSSR count). The predicted octanol–water partition coefficient (Wildman–Crippen LogP) is 3.17. The van der Waals surface area contributed by atoms with E-state index in [0.717, 1.165) is 31.4 Å². The Morgan fingerprint density at radius 2 is 1.77 bits per heavy atom. The van der Waals surface area contributed by atoms with Crippen LogP contribution in [0.3, 0.4) is 0 Å². The Kier molecular flexibility index (Phi) is 6.59. The summed E-state index contributed by atoms with van der Waals surface area (Å²) in [5.74, 6) is -4.21. The number of hydrogen-bond acceptors (Lipinski definition) is 4. The fourth-order valence-corrected chi connectivity index (χ4v) is 4.23. The minimum Gasteiger partial charge on any atom is -0.475 e. The summed E-state index contributed by atoms with van der Waals surface area (Å²) >= 11 is 0. The number of rotatable bonds is 3. The lowest BCUT2D eigenvalue weighted by Gasteiger charge is -2.38. The second kappa shape index (κ2) is 8.71. The average molecular weight is 452 g/mol. The Morgan fingerprint density at radius 3 is 2.29 bits per heavy atom. The molecule has 174 valence electrons. The van der Waals surface area contributed by atoms with Crippen LogP contribution in [0.15, 0.2) is 6.20 Å². The molecule has 7 nitrogen and oxygen atoms in total. The van der Waals surface area contributed by atoms with E-state index in [1.165, 1.54) is 30.6 Å². The molecule has 1 unspecified atom stereocenters. The van der Waals surface area contributed by atoms with Crippen LogP contribution < -0.4 is 0 Å². The van der Waals surface area contributed by atoms with Crippen molar-refractivity contribution in [3.63, 3.8) is 0 Å². The summed E-state index contributed by atoms with van der Waals surface area (Å²) in [5.41, 5.74) is 0.301. The van der Waals surface area contributed by atoms with Crippen LogP contribution in [0.1, 0.15) is 55.0 Å². The summed E-state index contributed by atoms with van der Waals surface area (Å²) in [4.78, 5) is 29.3. The monoisotopic (exact) mass is 452 g/mol. The van der Waals surface area contributed by atoms with Gasteiger partial charge in [0, 0.05) is 25.8 Å². The predicted molar refractivity (Wildman–Crippen MR) is 98.7 cm³/mol. The standard InChI is InChI=1S/C17H24F2N4O.C2HF3O2/c1-12-15-20-14(16(24)23-10-17(18,19)11-23)9-22(15)7-6-21(12)8-13-4-2-3-5-13;3-2(4,5)1(6)7/h9,12-13H,2-8,10-11H2,1H3;(H,6,7). The molecule has 12 heteroatoms. The van der Waals surface area contributed by atoms with Crippen molar-refractivity contribution in [2.45, 2.75) is 57.3 Å². The van der Waals surface area contributed by atoms with Gasteiger partial charge in [-0.05, 0) is 25.7 Å². The molecule has 1 saturated carbocycles. The molecule has 0 radical (unpaired) electrons. The van der Waals surface area contributed by atoms with Gasteiger partial charge in [0.25, 0.3) is 11.8 Å². The van der Waals surface area contributed by atoms with Gasteiger partial charge in [-0.25, -0.2) is 18.6 Å². The van der Waals surface area contributed by atoms with E-state index in [2.05, 4.69) is 16.8 Å². The first-order chi connectivity index (χ1) is 14.4. The highest BCUT2D eigenvalue weighted by molar-refractivity contribution is 5.93. The van der Waals surface area contributed by atoms with Crippen LogP contribution in [-0.2, 0) is 11.3 Å². The van der Waals surface area contributed by atoms with Gasteiger partial charge < -0.3 is 14.6 Å². The lowest BCUT2D eigenvalue weighted by molar-refractivity contribution is -0.192. The molecule has 2 fully saturated rings. The Labute approximate surface area is 175 Å². The van der Waals surface area contributed by atoms with E-state index < -0.39 is 31.2 Å². The molecule has 0 aromatic carbocycles. The van der Waals surface area contributed by atoms with Crippen LogP contribution in [-0.4, -0.2) is 74.6 Å². The van der Waals surface area contributed by atoms with Crippen molar-refractivity contribution in [3.05, 3.63) is 17.7 Å². The van der Waals surface area contributed by atoms with Gasteiger partial charge in [-0.15, -0.1) is 0 Å². The molecule has 1 N–H and O–H groups in total. The third-order valence-electron chi connectivity index (χ3n) is 5.92. The van der Waals surface area contributed by atoms with Crippen LogP contribution in [0.4, 0.5) is 22.0 Å². The number of likely N-dealkylation sites (tertiary alicyclic amines) is 1. The molecular weight excluding hydrogens is 427 g/mol. The van der Waals surface area contributed by atoms with Crippen molar-refractivity contribution in [3.8, 4) is 0 Å².